The van der Waals surface area contributed by atoms with Crippen LogP contribution >= 0.6 is 11.6 Å². The van der Waals surface area contributed by atoms with Crippen LogP contribution in [0, 0.1) is 11.3 Å². The van der Waals surface area contributed by atoms with E-state index in [1.165, 1.54) is 24.5 Å². The number of aryl methyl sites for hydroxylation is 1. The molecule has 0 fully saturated rings. The van der Waals surface area contributed by atoms with Crippen molar-refractivity contribution in [1.82, 2.24) is 19.5 Å². The molecule has 2 rings (SSSR count). The second kappa shape index (κ2) is 5.81. The van der Waals surface area contributed by atoms with E-state index in [0.29, 0.717) is 11.4 Å². The largest absolute Gasteiger partial charge is 0.319 e. The number of hydrogen-bond donors (Lipinski definition) is 1. The van der Waals surface area contributed by atoms with Crippen LogP contribution in [0.1, 0.15) is 24.4 Å². The number of nitrogens with zero attached hydrogens (tertiary/aromatic N) is 4. The number of nitriles is 1. The summed E-state index contributed by atoms with van der Waals surface area (Å²) in [7, 11) is -2.11. The van der Waals surface area contributed by atoms with E-state index in [1.54, 1.807) is 18.5 Å². The second-order valence-corrected chi connectivity index (χ2v) is 6.49. The van der Waals surface area contributed by atoms with Crippen molar-refractivity contribution in [2.75, 3.05) is 0 Å². The van der Waals surface area contributed by atoms with Crippen LogP contribution in [0.25, 0.3) is 0 Å². The molecule has 0 amide bonds. The summed E-state index contributed by atoms with van der Waals surface area (Å²) >= 11 is 5.93. The molecule has 7 nitrogen and oxygen atoms in total. The van der Waals surface area contributed by atoms with Crippen LogP contribution in [0.2, 0.25) is 5.02 Å². The third-order valence-corrected chi connectivity index (χ3v) is 4.84. The average molecular weight is 326 g/mol. The number of nitrogens with one attached hydrogen (secondary N) is 1. The Labute approximate surface area is 127 Å². The van der Waals surface area contributed by atoms with Crippen LogP contribution in [0.4, 0.5) is 0 Å². The van der Waals surface area contributed by atoms with Crippen molar-refractivity contribution in [2.24, 2.45) is 7.05 Å². The first-order valence-corrected chi connectivity index (χ1v) is 7.77. The lowest BCUT2D eigenvalue weighted by Crippen LogP contribution is -2.28. The quantitative estimate of drug-likeness (QED) is 0.915. The van der Waals surface area contributed by atoms with Gasteiger partial charge in [0.25, 0.3) is 0 Å². The molecule has 0 spiro atoms. The van der Waals surface area contributed by atoms with Crippen molar-refractivity contribution in [2.45, 2.75) is 17.9 Å². The minimum Gasteiger partial charge on any atom is -0.319 e. The van der Waals surface area contributed by atoms with Crippen LogP contribution in [-0.2, 0) is 17.1 Å². The SMILES string of the molecule is CC(NS(=O)(=O)c1ccc(C#N)cc1Cl)c1nncn1C. The average Bonchev–Trinajstić information content (AvgIpc) is 2.84. The Hall–Kier alpha value is -1.95. The predicted octanol–water partition coefficient (Wildman–Crippen LogP) is 1.38. The summed E-state index contributed by atoms with van der Waals surface area (Å²) in [6.07, 6.45) is 1.48. The minimum absolute atomic E-state index is 0.00767. The molecule has 1 unspecified atom stereocenters. The van der Waals surface area contributed by atoms with Gasteiger partial charge in [0.1, 0.15) is 17.0 Å². The first kappa shape index (κ1) is 15.4. The summed E-state index contributed by atoms with van der Waals surface area (Å²) in [5.74, 6) is 0.475. The Kier molecular flexibility index (Phi) is 4.27. The highest BCUT2D eigenvalue weighted by Gasteiger charge is 2.23. The number of benzene rings is 1. The molecule has 0 aliphatic carbocycles. The number of rotatable bonds is 4. The molecule has 0 saturated carbocycles. The van der Waals surface area contributed by atoms with E-state index in [2.05, 4.69) is 14.9 Å². The lowest BCUT2D eigenvalue weighted by atomic mass is 10.2. The zero-order valence-electron chi connectivity index (χ0n) is 11.3. The molecule has 1 atom stereocenters. The molecule has 9 heteroatoms. The van der Waals surface area contributed by atoms with E-state index in [9.17, 15) is 8.42 Å². The van der Waals surface area contributed by atoms with E-state index < -0.39 is 16.1 Å². The number of aromatic nitrogens is 3. The van der Waals surface area contributed by atoms with E-state index in [0.717, 1.165) is 0 Å². The van der Waals surface area contributed by atoms with Gasteiger partial charge in [0.15, 0.2) is 0 Å². The number of halogens is 1. The van der Waals surface area contributed by atoms with Gasteiger partial charge in [-0.15, -0.1) is 10.2 Å². The Morgan fingerprint density at radius 3 is 2.71 bits per heavy atom. The molecule has 1 heterocycles. The summed E-state index contributed by atoms with van der Waals surface area (Å²) in [6.45, 7) is 1.65. The summed E-state index contributed by atoms with van der Waals surface area (Å²) in [6, 6.07) is 5.32. The van der Waals surface area contributed by atoms with Gasteiger partial charge in [-0.25, -0.2) is 13.1 Å². The molecular formula is C12H12ClN5O2S. The van der Waals surface area contributed by atoms with Gasteiger partial charge in [0.2, 0.25) is 10.0 Å². The Morgan fingerprint density at radius 2 is 2.19 bits per heavy atom. The van der Waals surface area contributed by atoms with Gasteiger partial charge in [-0.1, -0.05) is 11.6 Å². The van der Waals surface area contributed by atoms with E-state index in [1.807, 2.05) is 6.07 Å². The minimum atomic E-state index is -3.83. The second-order valence-electron chi connectivity index (χ2n) is 4.40. The van der Waals surface area contributed by atoms with Crippen LogP contribution in [0.15, 0.2) is 29.4 Å². The Balaban J connectivity index is 2.31. The third kappa shape index (κ3) is 3.21. The Bertz CT molecular complexity index is 809. The number of sulfonamides is 1. The molecule has 0 aliphatic rings. The molecule has 1 N–H and O–H groups in total. The van der Waals surface area contributed by atoms with Crippen LogP contribution in [0.3, 0.4) is 0 Å². The molecule has 110 valence electrons. The highest BCUT2D eigenvalue weighted by Crippen LogP contribution is 2.24. The fourth-order valence-electron chi connectivity index (χ4n) is 1.82. The summed E-state index contributed by atoms with van der Waals surface area (Å²) < 4.78 is 28.8. The zero-order valence-corrected chi connectivity index (χ0v) is 12.9. The first-order valence-electron chi connectivity index (χ1n) is 5.91. The molecule has 0 bridgehead atoms. The highest BCUT2D eigenvalue weighted by molar-refractivity contribution is 7.89. The lowest BCUT2D eigenvalue weighted by Gasteiger charge is -2.14. The summed E-state index contributed by atoms with van der Waals surface area (Å²) in [5.41, 5.74) is 0.292. The molecule has 2 aromatic rings. The number of hydrogen-bond acceptors (Lipinski definition) is 5. The Morgan fingerprint density at radius 1 is 1.48 bits per heavy atom. The lowest BCUT2D eigenvalue weighted by molar-refractivity contribution is 0.553. The van der Waals surface area contributed by atoms with Crippen molar-refractivity contribution in [3.63, 3.8) is 0 Å². The highest BCUT2D eigenvalue weighted by atomic mass is 35.5. The van der Waals surface area contributed by atoms with Crippen LogP contribution < -0.4 is 4.72 Å². The van der Waals surface area contributed by atoms with Gasteiger partial charge >= 0.3 is 0 Å². The molecular weight excluding hydrogens is 314 g/mol. The van der Waals surface area contributed by atoms with Gasteiger partial charge in [0, 0.05) is 7.05 Å². The molecule has 0 radical (unpaired) electrons. The molecule has 21 heavy (non-hydrogen) atoms. The van der Waals surface area contributed by atoms with Crippen molar-refractivity contribution in [3.05, 3.63) is 40.9 Å². The van der Waals surface area contributed by atoms with E-state index in [4.69, 9.17) is 16.9 Å². The standard InChI is InChI=1S/C12H12ClN5O2S/c1-8(12-16-15-7-18(12)2)17-21(19,20)11-4-3-9(6-14)5-10(11)13/h3-5,7-8,17H,1-2H3. The van der Waals surface area contributed by atoms with Crippen LogP contribution in [-0.4, -0.2) is 23.2 Å². The van der Waals surface area contributed by atoms with Gasteiger partial charge in [0.05, 0.1) is 22.7 Å². The third-order valence-electron chi connectivity index (χ3n) is 2.82. The maximum atomic E-state index is 12.3. The van der Waals surface area contributed by atoms with Gasteiger partial charge in [-0.3, -0.25) is 0 Å². The fraction of sp³-hybridized carbons (Fsp3) is 0.250. The topological polar surface area (TPSA) is 101 Å². The molecule has 1 aromatic heterocycles. The summed E-state index contributed by atoms with van der Waals surface area (Å²) in [5, 5.41) is 16.3. The fourth-order valence-corrected chi connectivity index (χ4v) is 3.57. The van der Waals surface area contributed by atoms with E-state index in [-0.39, 0.29) is 9.92 Å². The van der Waals surface area contributed by atoms with Crippen molar-refractivity contribution in [1.29, 1.82) is 5.26 Å². The van der Waals surface area contributed by atoms with Crippen molar-refractivity contribution >= 4 is 21.6 Å². The van der Waals surface area contributed by atoms with Gasteiger partial charge in [-0.05, 0) is 25.1 Å². The van der Waals surface area contributed by atoms with Crippen LogP contribution in [0.5, 0.6) is 0 Å². The maximum Gasteiger partial charge on any atom is 0.242 e. The zero-order chi connectivity index (χ0) is 15.6. The van der Waals surface area contributed by atoms with E-state index >= 15 is 0 Å². The van der Waals surface area contributed by atoms with Gasteiger partial charge in [-0.2, -0.15) is 5.26 Å². The molecule has 1 aromatic carbocycles. The maximum absolute atomic E-state index is 12.3. The summed E-state index contributed by atoms with van der Waals surface area (Å²) in [4.78, 5) is -0.0859. The predicted molar refractivity (Wildman–Crippen MR) is 75.9 cm³/mol. The van der Waals surface area contributed by atoms with Crippen molar-refractivity contribution in [3.8, 4) is 6.07 Å². The normalized spacial score (nSPS) is 12.9. The van der Waals surface area contributed by atoms with Gasteiger partial charge < -0.3 is 4.57 Å². The van der Waals surface area contributed by atoms with Crippen molar-refractivity contribution < 1.29 is 8.42 Å². The first-order chi connectivity index (χ1) is 9.85. The monoisotopic (exact) mass is 325 g/mol. The molecule has 0 saturated heterocycles. The molecule has 0 aliphatic heterocycles. The smallest absolute Gasteiger partial charge is 0.242 e.